The van der Waals surface area contributed by atoms with E-state index >= 15 is 0 Å². The summed E-state index contributed by atoms with van der Waals surface area (Å²) in [6.45, 7) is 4.39. The van der Waals surface area contributed by atoms with Gasteiger partial charge in [0.05, 0.1) is 35.6 Å². The summed E-state index contributed by atoms with van der Waals surface area (Å²) >= 11 is 5.95. The molecule has 1 N–H and O–H groups in total. The Labute approximate surface area is 147 Å². The van der Waals surface area contributed by atoms with Gasteiger partial charge in [-0.25, -0.2) is 0 Å². The van der Waals surface area contributed by atoms with Crippen molar-refractivity contribution in [2.45, 2.75) is 19.5 Å². The van der Waals surface area contributed by atoms with Crippen LogP contribution < -0.4 is 5.32 Å². The molecule has 2 aromatic rings. The summed E-state index contributed by atoms with van der Waals surface area (Å²) in [6.07, 6.45) is 1.85. The maximum Gasteiger partial charge on any atom is 0.0759 e. The van der Waals surface area contributed by atoms with E-state index in [0.717, 1.165) is 23.3 Å². The van der Waals surface area contributed by atoms with Crippen LogP contribution in [0.2, 0.25) is 0 Å². The van der Waals surface area contributed by atoms with Gasteiger partial charge < -0.3 is 10.1 Å². The summed E-state index contributed by atoms with van der Waals surface area (Å²) in [5.41, 5.74) is 2.37. The molecule has 0 saturated heterocycles. The molecule has 0 aliphatic heterocycles. The number of hydrogen-bond donors (Lipinski definition) is 1. The quantitative estimate of drug-likeness (QED) is 0.637. The molecule has 0 aliphatic rings. The summed E-state index contributed by atoms with van der Waals surface area (Å²) in [5.74, 6) is 0. The smallest absolute Gasteiger partial charge is 0.0759 e. The van der Waals surface area contributed by atoms with E-state index in [2.05, 4.69) is 80.1 Å². The van der Waals surface area contributed by atoms with Crippen molar-refractivity contribution in [1.29, 1.82) is 0 Å². The van der Waals surface area contributed by atoms with Crippen LogP contribution in [0.25, 0.3) is 0 Å². The number of ether oxygens (including phenoxy) is 1. The molecule has 0 aliphatic carbocycles. The predicted molar refractivity (Wildman–Crippen MR) is 96.5 cm³/mol. The third-order valence-corrected chi connectivity index (χ3v) is 4.56. The third-order valence-electron chi connectivity index (χ3n) is 3.23. The van der Waals surface area contributed by atoms with Gasteiger partial charge in [0, 0.05) is 10.7 Å². The van der Waals surface area contributed by atoms with Crippen LogP contribution in [0.15, 0.2) is 34.9 Å². The van der Waals surface area contributed by atoms with Gasteiger partial charge >= 0.3 is 0 Å². The Kier molecular flexibility index (Phi) is 6.66. The molecule has 1 unspecified atom stereocenters. The summed E-state index contributed by atoms with van der Waals surface area (Å²) < 4.78 is 9.42. The van der Waals surface area contributed by atoms with Crippen LogP contribution in [0.5, 0.6) is 0 Å². The molecule has 4 nitrogen and oxygen atoms in total. The van der Waals surface area contributed by atoms with Gasteiger partial charge in [-0.15, -0.1) is 0 Å². The highest BCUT2D eigenvalue weighted by molar-refractivity contribution is 14.1. The van der Waals surface area contributed by atoms with Crippen LogP contribution >= 0.6 is 38.5 Å². The lowest BCUT2D eigenvalue weighted by molar-refractivity contribution is 0.182. The van der Waals surface area contributed by atoms with Crippen molar-refractivity contribution in [2.75, 3.05) is 20.3 Å². The second-order valence-corrected chi connectivity index (χ2v) is 6.74. The number of benzene rings is 1. The minimum absolute atomic E-state index is 0.112. The van der Waals surface area contributed by atoms with Crippen LogP contribution in [-0.2, 0) is 11.3 Å². The Hall–Kier alpha value is -0.440. The SMILES string of the molecule is CCNC(c1ccc(I)cc1)c1c(Br)cnn1CCOC. The van der Waals surface area contributed by atoms with Gasteiger partial charge in [-0.05, 0) is 62.8 Å². The van der Waals surface area contributed by atoms with Crippen molar-refractivity contribution in [3.05, 3.63) is 49.8 Å². The lowest BCUT2D eigenvalue weighted by Crippen LogP contribution is -2.26. The second kappa shape index (κ2) is 8.26. The van der Waals surface area contributed by atoms with Crippen LogP contribution in [-0.4, -0.2) is 30.0 Å². The summed E-state index contributed by atoms with van der Waals surface area (Å²) in [7, 11) is 1.71. The molecular weight excluding hydrogens is 445 g/mol. The molecule has 0 spiro atoms. The highest BCUT2D eigenvalue weighted by atomic mass is 127. The minimum atomic E-state index is 0.112. The normalized spacial score (nSPS) is 12.6. The van der Waals surface area contributed by atoms with E-state index in [9.17, 15) is 0 Å². The number of halogens is 2. The fraction of sp³-hybridized carbons (Fsp3) is 0.400. The molecule has 0 amide bonds. The van der Waals surface area contributed by atoms with Crippen LogP contribution in [0.1, 0.15) is 24.2 Å². The third kappa shape index (κ3) is 4.28. The van der Waals surface area contributed by atoms with Crippen molar-refractivity contribution in [1.82, 2.24) is 15.1 Å². The van der Waals surface area contributed by atoms with Crippen molar-refractivity contribution < 1.29 is 4.74 Å². The molecule has 21 heavy (non-hydrogen) atoms. The molecule has 6 heteroatoms. The molecule has 0 radical (unpaired) electrons. The molecule has 0 saturated carbocycles. The van der Waals surface area contributed by atoms with Gasteiger partial charge in [-0.1, -0.05) is 19.1 Å². The number of rotatable bonds is 7. The Morgan fingerprint density at radius 1 is 1.38 bits per heavy atom. The number of aromatic nitrogens is 2. The van der Waals surface area contributed by atoms with E-state index in [1.165, 1.54) is 9.13 Å². The zero-order valence-electron chi connectivity index (χ0n) is 12.1. The van der Waals surface area contributed by atoms with Gasteiger partial charge in [0.2, 0.25) is 0 Å². The monoisotopic (exact) mass is 463 g/mol. The van der Waals surface area contributed by atoms with Gasteiger partial charge in [0.25, 0.3) is 0 Å². The first kappa shape index (κ1) is 16.9. The molecule has 0 bridgehead atoms. The maximum absolute atomic E-state index is 5.17. The number of nitrogens with zero attached hydrogens (tertiary/aromatic N) is 2. The Balaban J connectivity index is 2.37. The van der Waals surface area contributed by atoms with Crippen LogP contribution in [0.3, 0.4) is 0 Å². The molecular formula is C15H19BrIN3O. The van der Waals surface area contributed by atoms with E-state index in [0.29, 0.717) is 6.61 Å². The minimum Gasteiger partial charge on any atom is -0.383 e. The maximum atomic E-state index is 5.17. The van der Waals surface area contributed by atoms with Gasteiger partial charge in [-0.2, -0.15) is 5.10 Å². The van der Waals surface area contributed by atoms with E-state index < -0.39 is 0 Å². The lowest BCUT2D eigenvalue weighted by Gasteiger charge is -2.21. The molecule has 1 atom stereocenters. The van der Waals surface area contributed by atoms with Gasteiger partial charge in [-0.3, -0.25) is 4.68 Å². The van der Waals surface area contributed by atoms with Crippen molar-refractivity contribution >= 4 is 38.5 Å². The topological polar surface area (TPSA) is 39.1 Å². The van der Waals surface area contributed by atoms with Crippen LogP contribution in [0.4, 0.5) is 0 Å². The van der Waals surface area contributed by atoms with Crippen LogP contribution in [0, 0.1) is 3.57 Å². The second-order valence-electron chi connectivity index (χ2n) is 4.64. The van der Waals surface area contributed by atoms with Crippen molar-refractivity contribution in [3.8, 4) is 0 Å². The highest BCUT2D eigenvalue weighted by Crippen LogP contribution is 2.29. The van der Waals surface area contributed by atoms with E-state index in [1.54, 1.807) is 7.11 Å². The van der Waals surface area contributed by atoms with E-state index in [1.807, 2.05) is 10.9 Å². The zero-order valence-corrected chi connectivity index (χ0v) is 15.9. The molecule has 0 fully saturated rings. The molecule has 2 rings (SSSR count). The summed E-state index contributed by atoms with van der Waals surface area (Å²) in [5, 5.41) is 7.99. The average molecular weight is 464 g/mol. The first-order chi connectivity index (χ1) is 10.2. The van der Waals surface area contributed by atoms with E-state index in [-0.39, 0.29) is 6.04 Å². The molecule has 1 heterocycles. The summed E-state index contributed by atoms with van der Waals surface area (Å²) in [4.78, 5) is 0. The number of hydrogen-bond acceptors (Lipinski definition) is 3. The Morgan fingerprint density at radius 3 is 2.71 bits per heavy atom. The highest BCUT2D eigenvalue weighted by Gasteiger charge is 2.21. The Morgan fingerprint density at radius 2 is 2.10 bits per heavy atom. The number of nitrogens with one attached hydrogen (secondary N) is 1. The molecule has 114 valence electrons. The fourth-order valence-corrected chi connectivity index (χ4v) is 3.13. The molecule has 1 aromatic carbocycles. The lowest BCUT2D eigenvalue weighted by atomic mass is 10.0. The molecule has 1 aromatic heterocycles. The first-order valence-corrected chi connectivity index (χ1v) is 8.73. The van der Waals surface area contributed by atoms with E-state index in [4.69, 9.17) is 4.74 Å². The van der Waals surface area contributed by atoms with Crippen molar-refractivity contribution in [2.24, 2.45) is 0 Å². The average Bonchev–Trinajstić information content (AvgIpc) is 2.84. The van der Waals surface area contributed by atoms with Gasteiger partial charge in [0.1, 0.15) is 0 Å². The predicted octanol–water partition coefficient (Wildman–Crippen LogP) is 3.60. The fourth-order valence-electron chi connectivity index (χ4n) is 2.25. The van der Waals surface area contributed by atoms with Crippen molar-refractivity contribution in [3.63, 3.8) is 0 Å². The van der Waals surface area contributed by atoms with Gasteiger partial charge in [0.15, 0.2) is 0 Å². The largest absolute Gasteiger partial charge is 0.383 e. The number of methoxy groups -OCH3 is 1. The first-order valence-electron chi connectivity index (χ1n) is 6.86. The standard InChI is InChI=1S/C15H19BrIN3O/c1-3-18-14(11-4-6-12(17)7-5-11)15-13(16)10-19-20(15)8-9-21-2/h4-7,10,14,18H,3,8-9H2,1-2H3. The zero-order chi connectivity index (χ0) is 15.2. The Bertz CT molecular complexity index is 571. The summed E-state index contributed by atoms with van der Waals surface area (Å²) in [6, 6.07) is 8.69.